The van der Waals surface area contributed by atoms with Gasteiger partial charge < -0.3 is 0 Å². The summed E-state index contributed by atoms with van der Waals surface area (Å²) in [5.41, 5.74) is 3.34. The van der Waals surface area contributed by atoms with Gasteiger partial charge in [0, 0.05) is 22.2 Å². The van der Waals surface area contributed by atoms with Crippen LogP contribution in [-0.2, 0) is 13.0 Å². The first kappa shape index (κ1) is 22.8. The first-order chi connectivity index (χ1) is 16.5. The summed E-state index contributed by atoms with van der Waals surface area (Å²) < 4.78 is 2.24. The van der Waals surface area contributed by atoms with Crippen molar-refractivity contribution in [3.63, 3.8) is 0 Å². The number of carbonyl (C=O) groups is 1. The molecule has 5 rings (SSSR count). The summed E-state index contributed by atoms with van der Waals surface area (Å²) in [6.07, 6.45) is 2.67. The zero-order valence-corrected chi connectivity index (χ0v) is 20.7. The fourth-order valence-corrected chi connectivity index (χ4v) is 5.75. The molecule has 8 heteroatoms. The van der Waals surface area contributed by atoms with Crippen LogP contribution in [0.4, 0.5) is 0 Å². The molecule has 0 saturated carbocycles. The van der Waals surface area contributed by atoms with Gasteiger partial charge in [-0.3, -0.25) is 14.2 Å². The third-order valence-electron chi connectivity index (χ3n) is 5.59. The van der Waals surface area contributed by atoms with Gasteiger partial charge in [0.05, 0.1) is 17.8 Å². The summed E-state index contributed by atoms with van der Waals surface area (Å²) >= 11 is 8.58. The van der Waals surface area contributed by atoms with Crippen molar-refractivity contribution in [2.24, 2.45) is 0 Å². The first-order valence-electron chi connectivity index (χ1n) is 10.8. The number of thiophene rings is 1. The highest BCUT2D eigenvalue weighted by Crippen LogP contribution is 2.31. The van der Waals surface area contributed by atoms with Crippen LogP contribution in [0.2, 0.25) is 5.02 Å². The van der Waals surface area contributed by atoms with Gasteiger partial charge in [0.15, 0.2) is 10.9 Å². The quantitative estimate of drug-likeness (QED) is 0.149. The van der Waals surface area contributed by atoms with Crippen molar-refractivity contribution in [2.75, 3.05) is 5.75 Å². The zero-order valence-electron chi connectivity index (χ0n) is 18.3. The Kier molecular flexibility index (Phi) is 6.50. The minimum atomic E-state index is -0.117. The van der Waals surface area contributed by atoms with Crippen LogP contribution in [-0.4, -0.2) is 26.1 Å². The number of aromatic nitrogens is 3. The SMILES string of the molecule is CCc1ccc(Cn2c(SCC(=O)c3ccc(Cl)cc3)nc3c(sc4ncccc43)c2=O)cc1. The molecule has 0 aliphatic carbocycles. The number of thioether (sulfide) groups is 1. The maximum atomic E-state index is 13.6. The maximum Gasteiger partial charge on any atom is 0.272 e. The number of hydrogen-bond donors (Lipinski definition) is 0. The topological polar surface area (TPSA) is 64.8 Å². The van der Waals surface area contributed by atoms with E-state index in [1.807, 2.05) is 24.3 Å². The van der Waals surface area contributed by atoms with Crippen LogP contribution in [0.5, 0.6) is 0 Å². The van der Waals surface area contributed by atoms with Crippen LogP contribution in [0.15, 0.2) is 76.8 Å². The summed E-state index contributed by atoms with van der Waals surface area (Å²) in [4.78, 5) is 36.4. The number of halogens is 1. The number of nitrogens with zero attached hydrogens (tertiary/aromatic N) is 3. The molecule has 0 aliphatic rings. The van der Waals surface area contributed by atoms with Crippen molar-refractivity contribution in [2.45, 2.75) is 25.0 Å². The lowest BCUT2D eigenvalue weighted by Gasteiger charge is -2.12. The maximum absolute atomic E-state index is 13.6. The Morgan fingerprint density at radius 2 is 1.79 bits per heavy atom. The van der Waals surface area contributed by atoms with Crippen molar-refractivity contribution >= 4 is 60.9 Å². The largest absolute Gasteiger partial charge is 0.293 e. The smallest absolute Gasteiger partial charge is 0.272 e. The van der Waals surface area contributed by atoms with E-state index in [4.69, 9.17) is 16.6 Å². The molecular formula is C26H20ClN3O2S2. The van der Waals surface area contributed by atoms with Crippen molar-refractivity contribution < 1.29 is 4.79 Å². The van der Waals surface area contributed by atoms with E-state index >= 15 is 0 Å². The molecule has 2 aromatic carbocycles. The molecule has 0 aliphatic heterocycles. The van der Waals surface area contributed by atoms with E-state index in [-0.39, 0.29) is 17.1 Å². The van der Waals surface area contributed by atoms with Crippen LogP contribution in [0.3, 0.4) is 0 Å². The molecule has 0 amide bonds. The number of Topliss-reactive ketones (excluding diaryl/α,β-unsaturated/α-hetero) is 1. The highest BCUT2D eigenvalue weighted by atomic mass is 35.5. The molecule has 0 unspecified atom stereocenters. The molecule has 0 radical (unpaired) electrons. The minimum absolute atomic E-state index is 0.0493. The van der Waals surface area contributed by atoms with Gasteiger partial charge in [-0.05, 0) is 53.9 Å². The van der Waals surface area contributed by atoms with Gasteiger partial charge in [0.25, 0.3) is 5.56 Å². The molecule has 5 aromatic rings. The van der Waals surface area contributed by atoms with Gasteiger partial charge in [0.1, 0.15) is 9.53 Å². The number of rotatable bonds is 7. The van der Waals surface area contributed by atoms with Crippen molar-refractivity contribution in [3.05, 3.63) is 98.9 Å². The van der Waals surface area contributed by atoms with E-state index in [0.29, 0.717) is 32.5 Å². The second kappa shape index (κ2) is 9.70. The molecule has 0 spiro atoms. The summed E-state index contributed by atoms with van der Waals surface area (Å²) in [5, 5.41) is 1.95. The third-order valence-corrected chi connectivity index (χ3v) is 7.91. The standard InChI is InChI=1S/C26H20ClN3O2S2/c1-2-16-5-7-17(8-6-16)14-30-25(32)23-22(20-4-3-13-28-24(20)34-23)29-26(30)33-15-21(31)18-9-11-19(27)12-10-18/h3-13H,2,14-15H2,1H3. The van der Waals surface area contributed by atoms with Crippen LogP contribution in [0.1, 0.15) is 28.4 Å². The van der Waals surface area contributed by atoms with E-state index in [2.05, 4.69) is 24.0 Å². The first-order valence-corrected chi connectivity index (χ1v) is 13.0. The monoisotopic (exact) mass is 505 g/mol. The Morgan fingerprint density at radius 3 is 2.53 bits per heavy atom. The molecule has 5 nitrogen and oxygen atoms in total. The summed E-state index contributed by atoms with van der Waals surface area (Å²) in [6.45, 7) is 2.49. The number of carbonyl (C=O) groups excluding carboxylic acids is 1. The van der Waals surface area contributed by atoms with E-state index < -0.39 is 0 Å². The fraction of sp³-hybridized carbons (Fsp3) is 0.154. The van der Waals surface area contributed by atoms with Gasteiger partial charge in [-0.25, -0.2) is 9.97 Å². The van der Waals surface area contributed by atoms with E-state index in [1.165, 1.54) is 28.7 Å². The summed E-state index contributed by atoms with van der Waals surface area (Å²) in [6, 6.07) is 18.8. The van der Waals surface area contributed by atoms with Gasteiger partial charge >= 0.3 is 0 Å². The Morgan fingerprint density at radius 1 is 1.06 bits per heavy atom. The highest BCUT2D eigenvalue weighted by molar-refractivity contribution is 7.99. The lowest BCUT2D eigenvalue weighted by Crippen LogP contribution is -2.23. The van der Waals surface area contributed by atoms with Crippen LogP contribution < -0.4 is 5.56 Å². The Hall–Kier alpha value is -3.00. The van der Waals surface area contributed by atoms with Crippen molar-refractivity contribution in [1.29, 1.82) is 0 Å². The molecule has 0 bridgehead atoms. The Bertz CT molecular complexity index is 1560. The second-order valence-corrected chi connectivity index (χ2v) is 10.2. The Labute approximate surface area is 209 Å². The summed E-state index contributed by atoms with van der Waals surface area (Å²) in [7, 11) is 0. The highest BCUT2D eigenvalue weighted by Gasteiger charge is 2.18. The normalized spacial score (nSPS) is 11.4. The number of hydrogen-bond acceptors (Lipinski definition) is 6. The molecule has 0 fully saturated rings. The average molecular weight is 506 g/mol. The van der Waals surface area contributed by atoms with Crippen LogP contribution >= 0.6 is 34.7 Å². The van der Waals surface area contributed by atoms with Crippen molar-refractivity contribution in [1.82, 2.24) is 14.5 Å². The zero-order chi connectivity index (χ0) is 23.7. The van der Waals surface area contributed by atoms with E-state index in [0.717, 1.165) is 22.2 Å². The molecular weight excluding hydrogens is 486 g/mol. The number of ketones is 1. The van der Waals surface area contributed by atoms with Crippen LogP contribution in [0.25, 0.3) is 20.4 Å². The van der Waals surface area contributed by atoms with Gasteiger partial charge in [-0.15, -0.1) is 11.3 Å². The number of aryl methyl sites for hydroxylation is 1. The Balaban J connectivity index is 1.55. The summed E-state index contributed by atoms with van der Waals surface area (Å²) in [5.74, 6) is 0.112. The molecule has 3 heterocycles. The van der Waals surface area contributed by atoms with Gasteiger partial charge in [-0.2, -0.15) is 0 Å². The fourth-order valence-electron chi connectivity index (χ4n) is 3.70. The van der Waals surface area contributed by atoms with E-state index in [9.17, 15) is 9.59 Å². The predicted octanol–water partition coefficient (Wildman–Crippen LogP) is 6.25. The third kappa shape index (κ3) is 4.51. The molecule has 0 N–H and O–H groups in total. The second-order valence-electron chi connectivity index (χ2n) is 7.81. The molecule has 0 atom stereocenters. The van der Waals surface area contributed by atoms with E-state index in [1.54, 1.807) is 35.0 Å². The minimum Gasteiger partial charge on any atom is -0.293 e. The molecule has 170 valence electrons. The number of benzene rings is 2. The van der Waals surface area contributed by atoms with Crippen LogP contribution in [0, 0.1) is 0 Å². The molecule has 0 saturated heterocycles. The number of fused-ring (bicyclic) bond motifs is 3. The lowest BCUT2D eigenvalue weighted by atomic mass is 10.1. The molecule has 34 heavy (non-hydrogen) atoms. The molecule has 3 aromatic heterocycles. The lowest BCUT2D eigenvalue weighted by molar-refractivity contribution is 0.102. The van der Waals surface area contributed by atoms with Gasteiger partial charge in [0.2, 0.25) is 0 Å². The average Bonchev–Trinajstić information content (AvgIpc) is 3.24. The predicted molar refractivity (Wildman–Crippen MR) is 141 cm³/mol. The number of pyridine rings is 1. The van der Waals surface area contributed by atoms with Crippen molar-refractivity contribution in [3.8, 4) is 0 Å². The van der Waals surface area contributed by atoms with Gasteiger partial charge in [-0.1, -0.05) is 54.6 Å².